The third-order valence-corrected chi connectivity index (χ3v) is 2.42. The normalized spacial score (nSPS) is 18.8. The Kier molecular flexibility index (Phi) is 3.31. The fraction of sp³-hybridized carbons (Fsp3) is 0.667. The van der Waals surface area contributed by atoms with Gasteiger partial charge in [0.2, 0.25) is 0 Å². The Morgan fingerprint density at radius 1 is 1.54 bits per heavy atom. The number of rotatable bonds is 6. The molecule has 0 heterocycles. The zero-order valence-corrected chi connectivity index (χ0v) is 7.49. The zero-order chi connectivity index (χ0) is 9.73. The van der Waals surface area contributed by atoms with Crippen LogP contribution in [-0.4, -0.2) is 29.3 Å². The molecule has 1 aliphatic rings. The van der Waals surface area contributed by atoms with Crippen LogP contribution in [0.5, 0.6) is 0 Å². The number of nitrogens with one attached hydrogen (secondary N) is 1. The van der Waals surface area contributed by atoms with Crippen LogP contribution in [-0.2, 0) is 4.79 Å². The van der Waals surface area contributed by atoms with E-state index in [0.29, 0.717) is 0 Å². The summed E-state index contributed by atoms with van der Waals surface area (Å²) in [6.45, 7) is 0.974. The van der Waals surface area contributed by atoms with Crippen LogP contribution in [0.2, 0.25) is 0 Å². The summed E-state index contributed by atoms with van der Waals surface area (Å²) in [4.78, 5) is 10.1. The molecule has 4 heteroatoms. The first-order chi connectivity index (χ1) is 6.18. The van der Waals surface area contributed by atoms with Crippen LogP contribution in [0.15, 0.2) is 12.3 Å². The minimum Gasteiger partial charge on any atom is -0.478 e. The molecular weight excluding hydrogens is 170 g/mol. The monoisotopic (exact) mass is 185 g/mol. The lowest BCUT2D eigenvalue weighted by Gasteiger charge is -2.12. The number of carbonyl (C=O) groups is 1. The highest BCUT2D eigenvalue weighted by Crippen LogP contribution is 2.47. The van der Waals surface area contributed by atoms with Crippen LogP contribution < -0.4 is 5.32 Å². The maximum atomic E-state index is 10.1. The molecule has 0 aromatic rings. The van der Waals surface area contributed by atoms with Crippen molar-refractivity contribution < 1.29 is 15.0 Å². The maximum Gasteiger partial charge on any atom is 0.329 e. The lowest BCUT2D eigenvalue weighted by atomic mass is 10.0. The summed E-state index contributed by atoms with van der Waals surface area (Å²) in [7, 11) is 0. The third kappa shape index (κ3) is 3.46. The molecule has 1 aliphatic carbocycles. The number of aliphatic hydroxyl groups excluding tert-OH is 1. The smallest absolute Gasteiger partial charge is 0.329 e. The van der Waals surface area contributed by atoms with Crippen LogP contribution in [0.3, 0.4) is 0 Å². The fourth-order valence-electron chi connectivity index (χ4n) is 1.33. The van der Waals surface area contributed by atoms with E-state index in [1.54, 1.807) is 0 Å². The van der Waals surface area contributed by atoms with Gasteiger partial charge in [0.25, 0.3) is 0 Å². The molecule has 0 spiro atoms. The predicted molar refractivity (Wildman–Crippen MR) is 48.1 cm³/mol. The first-order valence-electron chi connectivity index (χ1n) is 4.42. The Labute approximate surface area is 77.3 Å². The molecule has 1 rings (SSSR count). The van der Waals surface area contributed by atoms with Gasteiger partial charge in [0.05, 0.1) is 0 Å². The van der Waals surface area contributed by atoms with Crippen molar-refractivity contribution in [3.05, 3.63) is 12.3 Å². The van der Waals surface area contributed by atoms with Crippen molar-refractivity contribution in [3.63, 3.8) is 0 Å². The van der Waals surface area contributed by atoms with Crippen LogP contribution in [0.4, 0.5) is 0 Å². The van der Waals surface area contributed by atoms with Gasteiger partial charge in [-0.3, -0.25) is 0 Å². The highest BCUT2D eigenvalue weighted by Gasteiger charge is 2.41. The van der Waals surface area contributed by atoms with Gasteiger partial charge in [-0.1, -0.05) is 0 Å². The largest absolute Gasteiger partial charge is 0.478 e. The lowest BCUT2D eigenvalue weighted by Crippen LogP contribution is -2.20. The lowest BCUT2D eigenvalue weighted by molar-refractivity contribution is -0.131. The molecule has 0 aromatic heterocycles. The fourth-order valence-corrected chi connectivity index (χ4v) is 1.33. The number of aliphatic carboxylic acids is 1. The highest BCUT2D eigenvalue weighted by atomic mass is 16.4. The van der Waals surface area contributed by atoms with Crippen molar-refractivity contribution in [2.75, 3.05) is 13.2 Å². The van der Waals surface area contributed by atoms with Crippen LogP contribution in [0, 0.1) is 5.41 Å². The van der Waals surface area contributed by atoms with Crippen molar-refractivity contribution in [2.45, 2.75) is 19.3 Å². The van der Waals surface area contributed by atoms with Gasteiger partial charge in [-0.05, 0) is 24.7 Å². The Morgan fingerprint density at radius 3 is 2.69 bits per heavy atom. The van der Waals surface area contributed by atoms with Crippen molar-refractivity contribution >= 4 is 5.97 Å². The van der Waals surface area contributed by atoms with Gasteiger partial charge in [0.1, 0.15) is 0 Å². The summed E-state index contributed by atoms with van der Waals surface area (Å²) in [5, 5.41) is 20.0. The van der Waals surface area contributed by atoms with E-state index in [-0.39, 0.29) is 12.0 Å². The van der Waals surface area contributed by atoms with Gasteiger partial charge < -0.3 is 15.5 Å². The number of hydrogen-bond donors (Lipinski definition) is 3. The maximum absolute atomic E-state index is 10.1. The molecule has 74 valence electrons. The van der Waals surface area contributed by atoms with E-state index in [4.69, 9.17) is 10.2 Å². The minimum atomic E-state index is -0.945. The van der Waals surface area contributed by atoms with E-state index in [1.807, 2.05) is 0 Å². The van der Waals surface area contributed by atoms with E-state index in [2.05, 4.69) is 5.32 Å². The topological polar surface area (TPSA) is 69.6 Å². The van der Waals surface area contributed by atoms with Crippen LogP contribution in [0.25, 0.3) is 0 Å². The van der Waals surface area contributed by atoms with Gasteiger partial charge in [-0.15, -0.1) is 0 Å². The summed E-state index contributed by atoms with van der Waals surface area (Å²) in [6, 6.07) is 0. The van der Waals surface area contributed by atoms with E-state index in [9.17, 15) is 4.79 Å². The summed E-state index contributed by atoms with van der Waals surface area (Å²) in [6.07, 6.45) is 5.58. The van der Waals surface area contributed by atoms with Crippen LogP contribution in [0.1, 0.15) is 19.3 Å². The van der Waals surface area contributed by atoms with Crippen molar-refractivity contribution in [1.82, 2.24) is 5.32 Å². The van der Waals surface area contributed by atoms with Crippen molar-refractivity contribution in [2.24, 2.45) is 5.41 Å². The Balaban J connectivity index is 2.15. The van der Waals surface area contributed by atoms with Crippen molar-refractivity contribution in [1.29, 1.82) is 0 Å². The number of carboxylic acids is 1. The Hall–Kier alpha value is -1.03. The van der Waals surface area contributed by atoms with E-state index in [0.717, 1.165) is 31.9 Å². The Bertz CT molecular complexity index is 209. The van der Waals surface area contributed by atoms with E-state index in [1.165, 1.54) is 6.20 Å². The quantitative estimate of drug-likeness (QED) is 0.522. The molecule has 0 aromatic carbocycles. The van der Waals surface area contributed by atoms with Gasteiger partial charge in [0.15, 0.2) is 0 Å². The van der Waals surface area contributed by atoms with Crippen LogP contribution >= 0.6 is 0 Å². The summed E-state index contributed by atoms with van der Waals surface area (Å²) < 4.78 is 0. The van der Waals surface area contributed by atoms with Gasteiger partial charge in [0, 0.05) is 25.4 Å². The molecule has 0 aliphatic heterocycles. The molecule has 0 bridgehead atoms. The predicted octanol–water partition coefficient (Wildman–Crippen LogP) is 0.337. The molecule has 0 atom stereocenters. The molecule has 0 saturated heterocycles. The summed E-state index contributed by atoms with van der Waals surface area (Å²) in [5.41, 5.74) is 0.234. The number of carboxylic acid groups (broad SMARTS) is 1. The molecule has 0 amide bonds. The standard InChI is InChI=1S/C9H15NO3/c11-6-4-9(2-3-9)7-10-5-1-8(12)13/h1,5,10-11H,2-4,6-7H2,(H,12,13)/b5-1+. The van der Waals surface area contributed by atoms with E-state index >= 15 is 0 Å². The van der Waals surface area contributed by atoms with Gasteiger partial charge in [-0.25, -0.2) is 4.79 Å². The average Bonchev–Trinajstić information content (AvgIpc) is 2.80. The second-order valence-electron chi connectivity index (χ2n) is 3.53. The molecule has 1 saturated carbocycles. The summed E-state index contributed by atoms with van der Waals surface area (Å²) >= 11 is 0. The average molecular weight is 185 g/mol. The van der Waals surface area contributed by atoms with Crippen molar-refractivity contribution in [3.8, 4) is 0 Å². The second kappa shape index (κ2) is 4.28. The molecule has 0 radical (unpaired) electrons. The second-order valence-corrected chi connectivity index (χ2v) is 3.53. The highest BCUT2D eigenvalue weighted by molar-refractivity contribution is 5.79. The Morgan fingerprint density at radius 2 is 2.23 bits per heavy atom. The summed E-state index contributed by atoms with van der Waals surface area (Å²) in [5.74, 6) is -0.945. The molecule has 4 nitrogen and oxygen atoms in total. The molecule has 13 heavy (non-hydrogen) atoms. The third-order valence-electron chi connectivity index (χ3n) is 2.42. The van der Waals surface area contributed by atoms with Gasteiger partial charge in [-0.2, -0.15) is 0 Å². The first-order valence-corrected chi connectivity index (χ1v) is 4.42. The molecule has 0 unspecified atom stereocenters. The molecule has 1 fully saturated rings. The van der Waals surface area contributed by atoms with E-state index < -0.39 is 5.97 Å². The minimum absolute atomic E-state index is 0.213. The number of hydrogen-bond acceptors (Lipinski definition) is 3. The first kappa shape index (κ1) is 10.1. The number of aliphatic hydroxyl groups is 1. The molecule has 3 N–H and O–H groups in total. The zero-order valence-electron chi connectivity index (χ0n) is 7.49. The SMILES string of the molecule is O=C(O)/C=C/NCC1(CCO)CC1. The van der Waals surface area contributed by atoms with Gasteiger partial charge >= 0.3 is 5.97 Å². The molecular formula is C9H15NO3.